The molecular weight excluding hydrogens is 516 g/mol. The van der Waals surface area contributed by atoms with Crippen molar-refractivity contribution < 1.29 is 14.3 Å². The maximum Gasteiger partial charge on any atom is 0.231 e. The molecule has 2 saturated heterocycles. The Bertz CT molecular complexity index is 1390. The lowest BCUT2D eigenvalue weighted by Crippen LogP contribution is -2.57. The minimum Gasteiger partial charge on any atom is -0.454 e. The molecule has 2 aromatic heterocycles. The molecule has 7 rings (SSSR count). The van der Waals surface area contributed by atoms with Crippen molar-refractivity contribution in [1.29, 1.82) is 0 Å². The number of rotatable bonds is 6. The summed E-state index contributed by atoms with van der Waals surface area (Å²) >= 11 is 0. The standard InChI is InChI=1S/C32H40N6O3/c1-22(14-23-6-7-29-30(15-23)41-21-40-29)18-36-19-24-4-2-3-5-25(24)26(20-36)32(39)38-12-10-37(11-13-38)31-16-27-28(17-35-31)34-9-8-33-27/h6-9,15-17,22,24-26H,2-5,10-14,18-21H2,1H3. The molecule has 5 heterocycles. The first-order valence-corrected chi connectivity index (χ1v) is 15.3. The van der Waals surface area contributed by atoms with Crippen molar-refractivity contribution in [3.05, 3.63) is 48.4 Å². The number of ether oxygens (including phenoxy) is 2. The lowest BCUT2D eigenvalue weighted by Gasteiger charge is -2.48. The second-order valence-electron chi connectivity index (χ2n) is 12.4. The third-order valence-electron chi connectivity index (χ3n) is 9.60. The molecule has 1 aliphatic carbocycles. The molecule has 1 amide bonds. The summed E-state index contributed by atoms with van der Waals surface area (Å²) in [5.41, 5.74) is 2.95. The monoisotopic (exact) mass is 556 g/mol. The molecule has 0 N–H and O–H groups in total. The van der Waals surface area contributed by atoms with E-state index in [2.05, 4.69) is 48.7 Å². The van der Waals surface area contributed by atoms with Crippen LogP contribution in [0.25, 0.3) is 11.0 Å². The Morgan fingerprint density at radius 2 is 1.76 bits per heavy atom. The van der Waals surface area contributed by atoms with Gasteiger partial charge in [-0.25, -0.2) is 4.98 Å². The zero-order valence-electron chi connectivity index (χ0n) is 24.0. The predicted octanol–water partition coefficient (Wildman–Crippen LogP) is 4.02. The van der Waals surface area contributed by atoms with Crippen LogP contribution in [-0.4, -0.2) is 83.3 Å². The Labute approximate surface area is 241 Å². The van der Waals surface area contributed by atoms with Gasteiger partial charge in [-0.05, 0) is 54.7 Å². The molecular formula is C32H40N6O3. The highest BCUT2D eigenvalue weighted by Crippen LogP contribution is 2.41. The van der Waals surface area contributed by atoms with E-state index >= 15 is 0 Å². The number of nitrogens with zero attached hydrogens (tertiary/aromatic N) is 6. The number of amides is 1. The number of pyridine rings is 1. The lowest BCUT2D eigenvalue weighted by atomic mass is 9.69. The number of hydrogen-bond donors (Lipinski definition) is 0. The number of aromatic nitrogens is 3. The van der Waals surface area contributed by atoms with Crippen LogP contribution >= 0.6 is 0 Å². The largest absolute Gasteiger partial charge is 0.454 e. The summed E-state index contributed by atoms with van der Waals surface area (Å²) in [5, 5.41) is 0. The van der Waals surface area contributed by atoms with Gasteiger partial charge in [0, 0.05) is 64.3 Å². The summed E-state index contributed by atoms with van der Waals surface area (Å²) < 4.78 is 11.1. The molecule has 4 aliphatic rings. The Morgan fingerprint density at radius 3 is 2.63 bits per heavy atom. The normalized spacial score (nSPS) is 25.2. The van der Waals surface area contributed by atoms with Gasteiger partial charge in [0.15, 0.2) is 11.5 Å². The van der Waals surface area contributed by atoms with Crippen LogP contribution in [0.2, 0.25) is 0 Å². The number of piperidine rings is 1. The van der Waals surface area contributed by atoms with Gasteiger partial charge in [0.2, 0.25) is 12.7 Å². The summed E-state index contributed by atoms with van der Waals surface area (Å²) in [6.45, 7) is 8.75. The van der Waals surface area contributed by atoms with E-state index in [4.69, 9.17) is 9.47 Å². The van der Waals surface area contributed by atoms with Crippen LogP contribution in [0.5, 0.6) is 11.5 Å². The molecule has 4 atom stereocenters. The SMILES string of the molecule is CC(Cc1ccc2c(c1)OCO2)CN1CC2CCCCC2C(C(=O)N2CCN(c3cc4nccnc4cn3)CC2)C1. The fraction of sp³-hybridized carbons (Fsp3) is 0.562. The molecule has 9 heteroatoms. The molecule has 3 fully saturated rings. The topological polar surface area (TPSA) is 83.9 Å². The average Bonchev–Trinajstić information content (AvgIpc) is 3.48. The first-order valence-electron chi connectivity index (χ1n) is 15.3. The molecule has 9 nitrogen and oxygen atoms in total. The number of likely N-dealkylation sites (tertiary alicyclic amines) is 1. The second-order valence-corrected chi connectivity index (χ2v) is 12.4. The van der Waals surface area contributed by atoms with E-state index in [-0.39, 0.29) is 5.92 Å². The zero-order valence-corrected chi connectivity index (χ0v) is 24.0. The van der Waals surface area contributed by atoms with Crippen LogP contribution in [0.15, 0.2) is 42.9 Å². The highest BCUT2D eigenvalue weighted by molar-refractivity contribution is 5.80. The molecule has 3 aromatic rings. The van der Waals surface area contributed by atoms with E-state index in [1.165, 1.54) is 31.2 Å². The van der Waals surface area contributed by atoms with Crippen molar-refractivity contribution in [2.45, 2.75) is 39.0 Å². The van der Waals surface area contributed by atoms with Crippen molar-refractivity contribution in [3.8, 4) is 11.5 Å². The van der Waals surface area contributed by atoms with Gasteiger partial charge in [-0.3, -0.25) is 14.8 Å². The van der Waals surface area contributed by atoms with Crippen LogP contribution in [0.4, 0.5) is 5.82 Å². The van der Waals surface area contributed by atoms with Crippen LogP contribution in [-0.2, 0) is 11.2 Å². The predicted molar refractivity (Wildman–Crippen MR) is 157 cm³/mol. The number of fused-ring (bicyclic) bond motifs is 3. The second kappa shape index (κ2) is 11.4. The zero-order chi connectivity index (χ0) is 27.8. The molecule has 216 valence electrons. The van der Waals surface area contributed by atoms with E-state index in [9.17, 15) is 4.79 Å². The fourth-order valence-electron chi connectivity index (χ4n) is 7.62. The van der Waals surface area contributed by atoms with Crippen molar-refractivity contribution in [2.75, 3.05) is 57.5 Å². The minimum absolute atomic E-state index is 0.104. The number of piperazine rings is 1. The average molecular weight is 557 g/mol. The van der Waals surface area contributed by atoms with E-state index in [0.717, 1.165) is 80.6 Å². The minimum atomic E-state index is 0.104. The van der Waals surface area contributed by atoms with Gasteiger partial charge >= 0.3 is 0 Å². The van der Waals surface area contributed by atoms with Gasteiger partial charge in [-0.15, -0.1) is 0 Å². The van der Waals surface area contributed by atoms with Gasteiger partial charge < -0.3 is 24.2 Å². The van der Waals surface area contributed by atoms with Crippen LogP contribution in [0.3, 0.4) is 0 Å². The number of anilines is 1. The number of carbonyl (C=O) groups is 1. The molecule has 4 unspecified atom stereocenters. The van der Waals surface area contributed by atoms with E-state index in [0.29, 0.717) is 30.5 Å². The van der Waals surface area contributed by atoms with Crippen molar-refractivity contribution >= 4 is 22.8 Å². The molecule has 0 bridgehead atoms. The quantitative estimate of drug-likeness (QED) is 0.450. The Balaban J connectivity index is 0.989. The Hall–Kier alpha value is -3.46. The van der Waals surface area contributed by atoms with E-state index in [1.54, 1.807) is 18.6 Å². The van der Waals surface area contributed by atoms with Gasteiger partial charge in [-0.2, -0.15) is 0 Å². The van der Waals surface area contributed by atoms with Crippen LogP contribution in [0.1, 0.15) is 38.2 Å². The number of benzene rings is 1. The maximum absolute atomic E-state index is 14.1. The lowest BCUT2D eigenvalue weighted by molar-refractivity contribution is -0.142. The summed E-state index contributed by atoms with van der Waals surface area (Å²) in [6, 6.07) is 8.32. The van der Waals surface area contributed by atoms with Gasteiger partial charge in [-0.1, -0.05) is 25.8 Å². The van der Waals surface area contributed by atoms with E-state index in [1.807, 2.05) is 12.1 Å². The summed E-state index contributed by atoms with van der Waals surface area (Å²) in [4.78, 5) is 34.5. The van der Waals surface area contributed by atoms with Gasteiger partial charge in [0.25, 0.3) is 0 Å². The Kier molecular flexibility index (Phi) is 7.37. The number of carbonyl (C=O) groups excluding carboxylic acids is 1. The summed E-state index contributed by atoms with van der Waals surface area (Å²) in [7, 11) is 0. The molecule has 1 aromatic carbocycles. The summed E-state index contributed by atoms with van der Waals surface area (Å²) in [5.74, 6) is 4.73. The van der Waals surface area contributed by atoms with Crippen molar-refractivity contribution in [1.82, 2.24) is 24.8 Å². The van der Waals surface area contributed by atoms with Crippen LogP contribution < -0.4 is 14.4 Å². The third-order valence-corrected chi connectivity index (χ3v) is 9.60. The molecule has 0 spiro atoms. The molecule has 3 aliphatic heterocycles. The summed E-state index contributed by atoms with van der Waals surface area (Å²) in [6.07, 6.45) is 11.2. The molecule has 41 heavy (non-hydrogen) atoms. The fourth-order valence-corrected chi connectivity index (χ4v) is 7.62. The highest BCUT2D eigenvalue weighted by Gasteiger charge is 2.43. The van der Waals surface area contributed by atoms with E-state index < -0.39 is 0 Å². The maximum atomic E-state index is 14.1. The van der Waals surface area contributed by atoms with Crippen molar-refractivity contribution in [2.24, 2.45) is 23.7 Å². The molecule has 1 saturated carbocycles. The number of hydrogen-bond acceptors (Lipinski definition) is 8. The Morgan fingerprint density at radius 1 is 0.951 bits per heavy atom. The van der Waals surface area contributed by atoms with Crippen molar-refractivity contribution in [3.63, 3.8) is 0 Å². The van der Waals surface area contributed by atoms with Crippen LogP contribution in [0, 0.1) is 23.7 Å². The molecule has 0 radical (unpaired) electrons. The first kappa shape index (κ1) is 26.4. The third kappa shape index (κ3) is 5.56. The van der Waals surface area contributed by atoms with Gasteiger partial charge in [0.05, 0.1) is 17.6 Å². The highest BCUT2D eigenvalue weighted by atomic mass is 16.7. The first-order chi connectivity index (χ1) is 20.1. The smallest absolute Gasteiger partial charge is 0.231 e. The van der Waals surface area contributed by atoms with Gasteiger partial charge in [0.1, 0.15) is 11.3 Å².